The van der Waals surface area contributed by atoms with Crippen LogP contribution in [0.3, 0.4) is 0 Å². The van der Waals surface area contributed by atoms with Gasteiger partial charge in [-0.1, -0.05) is 259 Å². The number of ether oxygens (including phenoxy) is 3. The van der Waals surface area contributed by atoms with Gasteiger partial charge < -0.3 is 14.2 Å². The van der Waals surface area contributed by atoms with E-state index in [4.69, 9.17) is 14.2 Å². The summed E-state index contributed by atoms with van der Waals surface area (Å²) in [6, 6.07) is 0. The number of carbonyl (C=O) groups excluding carboxylic acids is 3. The maximum absolute atomic E-state index is 12.8. The molecule has 60 heavy (non-hydrogen) atoms. The van der Waals surface area contributed by atoms with Crippen LogP contribution in [0, 0.1) is 11.8 Å². The predicted molar refractivity (Wildman–Crippen MR) is 256 cm³/mol. The number of esters is 3. The van der Waals surface area contributed by atoms with E-state index in [0.717, 1.165) is 69.6 Å². The minimum absolute atomic E-state index is 0.0639. The molecule has 2 atom stereocenters. The lowest BCUT2D eigenvalue weighted by molar-refractivity contribution is -0.167. The zero-order chi connectivity index (χ0) is 44.0. The summed E-state index contributed by atoms with van der Waals surface area (Å²) >= 11 is 0. The van der Waals surface area contributed by atoms with Gasteiger partial charge in [-0.2, -0.15) is 0 Å². The number of rotatable bonds is 48. The first-order valence-corrected chi connectivity index (χ1v) is 26.8. The van der Waals surface area contributed by atoms with E-state index in [0.29, 0.717) is 19.3 Å². The molecular weight excluding hydrogens is 745 g/mol. The summed E-state index contributed by atoms with van der Waals surface area (Å²) in [7, 11) is 0. The van der Waals surface area contributed by atoms with Crippen LogP contribution in [0.15, 0.2) is 0 Å². The van der Waals surface area contributed by atoms with Crippen LogP contribution in [0.5, 0.6) is 0 Å². The topological polar surface area (TPSA) is 78.9 Å². The van der Waals surface area contributed by atoms with Crippen molar-refractivity contribution in [2.45, 2.75) is 304 Å². The van der Waals surface area contributed by atoms with Gasteiger partial charge in [0.15, 0.2) is 6.10 Å². The Kier molecular flexibility index (Phi) is 45.7. The molecule has 0 aliphatic rings. The lowest BCUT2D eigenvalue weighted by Gasteiger charge is -2.18. The summed E-state index contributed by atoms with van der Waals surface area (Å²) < 4.78 is 16.8. The van der Waals surface area contributed by atoms with Gasteiger partial charge in [-0.3, -0.25) is 14.4 Å². The van der Waals surface area contributed by atoms with Crippen molar-refractivity contribution >= 4 is 17.9 Å². The zero-order valence-corrected chi connectivity index (χ0v) is 41.1. The van der Waals surface area contributed by atoms with Gasteiger partial charge in [0.2, 0.25) is 0 Å². The summed E-state index contributed by atoms with van der Waals surface area (Å²) in [5.74, 6) is 0.815. The molecule has 0 bridgehead atoms. The van der Waals surface area contributed by atoms with Crippen molar-refractivity contribution in [3.63, 3.8) is 0 Å². The Morgan fingerprint density at radius 1 is 0.350 bits per heavy atom. The minimum atomic E-state index is -0.762. The fourth-order valence-corrected chi connectivity index (χ4v) is 8.13. The summed E-state index contributed by atoms with van der Waals surface area (Å²) in [4.78, 5) is 37.9. The Morgan fingerprint density at radius 2 is 0.633 bits per heavy atom. The highest BCUT2D eigenvalue weighted by Gasteiger charge is 2.19. The average Bonchev–Trinajstić information content (AvgIpc) is 3.23. The van der Waals surface area contributed by atoms with Crippen LogP contribution < -0.4 is 0 Å². The van der Waals surface area contributed by atoms with Crippen molar-refractivity contribution in [2.24, 2.45) is 11.8 Å². The Balaban J connectivity index is 4.26. The standard InChI is InChI=1S/C54H104O6/c1-6-8-9-10-11-12-13-14-19-23-26-29-36-41-46-54(57)60-51(48-59-53(56)45-40-35-31-30-33-38-43-50(5)7-2)47-58-52(55)44-39-34-28-25-22-20-17-15-16-18-21-24-27-32-37-42-49(3)4/h49-51H,6-48H2,1-5H3/t50?,51-/m1/s1. The van der Waals surface area contributed by atoms with E-state index in [2.05, 4.69) is 34.6 Å². The molecule has 0 fully saturated rings. The zero-order valence-electron chi connectivity index (χ0n) is 41.1. The first-order chi connectivity index (χ1) is 29.3. The number of hydrogen-bond acceptors (Lipinski definition) is 6. The Morgan fingerprint density at radius 3 is 0.950 bits per heavy atom. The molecule has 0 heterocycles. The molecule has 356 valence electrons. The molecule has 0 rings (SSSR count). The van der Waals surface area contributed by atoms with Crippen LogP contribution in [0.4, 0.5) is 0 Å². The Labute approximate surface area is 374 Å². The predicted octanol–water partition coefficient (Wildman–Crippen LogP) is 17.3. The lowest BCUT2D eigenvalue weighted by Crippen LogP contribution is -2.30. The molecule has 0 radical (unpaired) electrons. The van der Waals surface area contributed by atoms with Gasteiger partial charge in [0, 0.05) is 19.3 Å². The van der Waals surface area contributed by atoms with E-state index in [1.807, 2.05) is 0 Å². The largest absolute Gasteiger partial charge is 0.462 e. The van der Waals surface area contributed by atoms with Gasteiger partial charge in [-0.05, 0) is 31.1 Å². The van der Waals surface area contributed by atoms with Gasteiger partial charge in [0.1, 0.15) is 13.2 Å². The molecular formula is C54H104O6. The second-order valence-corrected chi connectivity index (χ2v) is 19.2. The van der Waals surface area contributed by atoms with Crippen molar-refractivity contribution in [1.82, 2.24) is 0 Å². The molecule has 0 amide bonds. The molecule has 0 aliphatic carbocycles. The highest BCUT2D eigenvalue weighted by atomic mass is 16.6. The molecule has 0 aromatic rings. The molecule has 6 heteroatoms. The summed E-state index contributed by atoms with van der Waals surface area (Å²) in [5, 5.41) is 0. The molecule has 6 nitrogen and oxygen atoms in total. The van der Waals surface area contributed by atoms with Crippen molar-refractivity contribution < 1.29 is 28.6 Å². The van der Waals surface area contributed by atoms with Crippen molar-refractivity contribution in [3.05, 3.63) is 0 Å². The van der Waals surface area contributed by atoms with Crippen LogP contribution in [0.25, 0.3) is 0 Å². The van der Waals surface area contributed by atoms with Crippen molar-refractivity contribution in [3.8, 4) is 0 Å². The number of unbranched alkanes of at least 4 members (excludes halogenated alkanes) is 32. The first-order valence-electron chi connectivity index (χ1n) is 26.8. The van der Waals surface area contributed by atoms with Crippen LogP contribution >= 0.6 is 0 Å². The SMILES string of the molecule is CCCCCCCCCCCCCCCCC(=O)O[C@H](COC(=O)CCCCCCCCCCCCCCCCCC(C)C)COC(=O)CCCCCCCCC(C)CC. The summed E-state index contributed by atoms with van der Waals surface area (Å²) in [6.07, 6.45) is 48.1. The molecule has 0 N–H and O–H groups in total. The first kappa shape index (κ1) is 58.4. The second-order valence-electron chi connectivity index (χ2n) is 19.2. The molecule has 0 aromatic heterocycles. The highest BCUT2D eigenvalue weighted by Crippen LogP contribution is 2.18. The smallest absolute Gasteiger partial charge is 0.306 e. The van der Waals surface area contributed by atoms with Crippen LogP contribution in [-0.4, -0.2) is 37.2 Å². The minimum Gasteiger partial charge on any atom is -0.462 e. The van der Waals surface area contributed by atoms with Gasteiger partial charge in [0.05, 0.1) is 0 Å². The van der Waals surface area contributed by atoms with Crippen molar-refractivity contribution in [2.75, 3.05) is 13.2 Å². The fourth-order valence-electron chi connectivity index (χ4n) is 8.13. The van der Waals surface area contributed by atoms with Crippen molar-refractivity contribution in [1.29, 1.82) is 0 Å². The number of hydrogen-bond donors (Lipinski definition) is 0. The molecule has 0 aliphatic heterocycles. The second kappa shape index (κ2) is 46.9. The third-order valence-electron chi connectivity index (χ3n) is 12.6. The summed E-state index contributed by atoms with van der Waals surface area (Å²) in [5.41, 5.74) is 0. The van der Waals surface area contributed by atoms with Crippen LogP contribution in [-0.2, 0) is 28.6 Å². The quantitative estimate of drug-likeness (QED) is 0.0345. The molecule has 0 aromatic carbocycles. The summed E-state index contributed by atoms with van der Waals surface area (Å²) in [6.45, 7) is 11.4. The maximum Gasteiger partial charge on any atom is 0.306 e. The van der Waals surface area contributed by atoms with Gasteiger partial charge in [-0.25, -0.2) is 0 Å². The monoisotopic (exact) mass is 849 g/mol. The van der Waals surface area contributed by atoms with Crippen LogP contribution in [0.1, 0.15) is 298 Å². The Bertz CT molecular complexity index is 918. The molecule has 0 saturated heterocycles. The third kappa shape index (κ3) is 45.9. The molecule has 0 saturated carbocycles. The van der Waals surface area contributed by atoms with Gasteiger partial charge >= 0.3 is 17.9 Å². The van der Waals surface area contributed by atoms with Gasteiger partial charge in [-0.15, -0.1) is 0 Å². The van der Waals surface area contributed by atoms with E-state index in [1.54, 1.807) is 0 Å². The van der Waals surface area contributed by atoms with Crippen LogP contribution in [0.2, 0.25) is 0 Å². The third-order valence-corrected chi connectivity index (χ3v) is 12.6. The molecule has 0 spiro atoms. The maximum atomic E-state index is 12.8. The van der Waals surface area contributed by atoms with E-state index in [1.165, 1.54) is 186 Å². The van der Waals surface area contributed by atoms with E-state index in [9.17, 15) is 14.4 Å². The van der Waals surface area contributed by atoms with E-state index < -0.39 is 6.10 Å². The van der Waals surface area contributed by atoms with E-state index in [-0.39, 0.29) is 31.1 Å². The average molecular weight is 849 g/mol. The highest BCUT2D eigenvalue weighted by molar-refractivity contribution is 5.71. The lowest BCUT2D eigenvalue weighted by atomic mass is 10.00. The van der Waals surface area contributed by atoms with E-state index >= 15 is 0 Å². The fraction of sp³-hybridized carbons (Fsp3) is 0.944. The number of carbonyl (C=O) groups is 3. The molecule has 1 unspecified atom stereocenters. The Hall–Kier alpha value is -1.59. The van der Waals surface area contributed by atoms with Gasteiger partial charge in [0.25, 0.3) is 0 Å². The normalized spacial score (nSPS) is 12.5.